The zero-order valence-electron chi connectivity index (χ0n) is 13.7. The molecule has 122 valence electrons. The normalized spacial score (nSPS) is 12.1. The van der Waals surface area contributed by atoms with Crippen LogP contribution in [0.1, 0.15) is 42.4 Å². The third-order valence-electron chi connectivity index (χ3n) is 3.98. The maximum atomic E-state index is 12.9. The summed E-state index contributed by atoms with van der Waals surface area (Å²) in [5.74, 6) is -0.376. The highest BCUT2D eigenvalue weighted by Gasteiger charge is 2.21. The summed E-state index contributed by atoms with van der Waals surface area (Å²) in [6.45, 7) is 3.34. The maximum Gasteiger partial charge on any atom is 0.304 e. The predicted octanol–water partition coefficient (Wildman–Crippen LogP) is 4.34. The van der Waals surface area contributed by atoms with E-state index in [1.165, 1.54) is 6.92 Å². The number of aromatic nitrogens is 1. The van der Waals surface area contributed by atoms with Gasteiger partial charge in [0, 0.05) is 36.1 Å². The van der Waals surface area contributed by atoms with Crippen molar-refractivity contribution in [3.8, 4) is 0 Å². The Morgan fingerprint density at radius 3 is 2.38 bits per heavy atom. The predicted molar refractivity (Wildman–Crippen MR) is 92.9 cm³/mol. The molecule has 1 atom stereocenters. The number of hydrogen-bond acceptors (Lipinski definition) is 3. The number of rotatable bonds is 5. The van der Waals surface area contributed by atoms with Crippen molar-refractivity contribution in [2.45, 2.75) is 26.5 Å². The lowest BCUT2D eigenvalue weighted by molar-refractivity contribution is -0.151. The van der Waals surface area contributed by atoms with Crippen LogP contribution in [0.15, 0.2) is 60.8 Å². The Bertz CT molecular complexity index is 880. The molecule has 0 bridgehead atoms. The topological polar surface area (TPSA) is 48.3 Å². The molecule has 0 aliphatic heterocycles. The van der Waals surface area contributed by atoms with Crippen molar-refractivity contribution in [1.82, 2.24) is 4.57 Å². The van der Waals surface area contributed by atoms with Crippen LogP contribution in [-0.4, -0.2) is 16.3 Å². The number of carbonyl (C=O) groups is 2. The second-order valence-corrected chi connectivity index (χ2v) is 5.63. The summed E-state index contributed by atoms with van der Waals surface area (Å²) in [4.78, 5) is 24.3. The van der Waals surface area contributed by atoms with Gasteiger partial charge in [0.15, 0.2) is 12.0 Å². The molecule has 0 aliphatic carbocycles. The summed E-state index contributed by atoms with van der Waals surface area (Å²) in [7, 11) is 0. The molecule has 0 radical (unpaired) electrons. The third-order valence-corrected chi connectivity index (χ3v) is 3.98. The molecule has 1 heterocycles. The van der Waals surface area contributed by atoms with Crippen LogP contribution in [0.4, 0.5) is 0 Å². The number of ketones is 1. The fourth-order valence-corrected chi connectivity index (χ4v) is 2.90. The highest BCUT2D eigenvalue weighted by atomic mass is 16.6. The standard InChI is InChI=1S/C20H19NO3/c1-3-19(24-14(2)22)21-13-17(16-11-7-8-12-18(16)21)20(23)15-9-5-4-6-10-15/h4-13,19H,3H2,1-2H3. The third kappa shape index (κ3) is 2.95. The van der Waals surface area contributed by atoms with Gasteiger partial charge in [-0.2, -0.15) is 0 Å². The van der Waals surface area contributed by atoms with E-state index < -0.39 is 6.23 Å². The second-order valence-electron chi connectivity index (χ2n) is 5.63. The van der Waals surface area contributed by atoms with E-state index in [4.69, 9.17) is 4.74 Å². The van der Waals surface area contributed by atoms with Crippen molar-refractivity contribution in [2.75, 3.05) is 0 Å². The minimum absolute atomic E-state index is 0.0387. The van der Waals surface area contributed by atoms with Crippen LogP contribution in [0.25, 0.3) is 10.9 Å². The Hall–Kier alpha value is -2.88. The van der Waals surface area contributed by atoms with Gasteiger partial charge in [-0.05, 0) is 6.07 Å². The summed E-state index contributed by atoms with van der Waals surface area (Å²) in [5.41, 5.74) is 2.13. The molecular weight excluding hydrogens is 302 g/mol. The molecule has 4 nitrogen and oxygen atoms in total. The van der Waals surface area contributed by atoms with Gasteiger partial charge in [0.05, 0.1) is 5.52 Å². The highest BCUT2D eigenvalue weighted by Crippen LogP contribution is 2.28. The first-order valence-electron chi connectivity index (χ1n) is 7.98. The largest absolute Gasteiger partial charge is 0.441 e. The zero-order chi connectivity index (χ0) is 17.1. The Balaban J connectivity index is 2.13. The van der Waals surface area contributed by atoms with E-state index >= 15 is 0 Å². The fourth-order valence-electron chi connectivity index (χ4n) is 2.90. The molecule has 0 fully saturated rings. The van der Waals surface area contributed by atoms with Gasteiger partial charge in [-0.1, -0.05) is 55.5 Å². The summed E-state index contributed by atoms with van der Waals surface area (Å²) >= 11 is 0. The highest BCUT2D eigenvalue weighted by molar-refractivity contribution is 6.16. The number of para-hydroxylation sites is 1. The zero-order valence-corrected chi connectivity index (χ0v) is 13.7. The van der Waals surface area contributed by atoms with Gasteiger partial charge in [-0.15, -0.1) is 0 Å². The lowest BCUT2D eigenvalue weighted by Crippen LogP contribution is -2.14. The van der Waals surface area contributed by atoms with Crippen LogP contribution in [0, 0.1) is 0 Å². The van der Waals surface area contributed by atoms with E-state index in [-0.39, 0.29) is 11.8 Å². The molecule has 24 heavy (non-hydrogen) atoms. The lowest BCUT2D eigenvalue weighted by Gasteiger charge is -2.18. The van der Waals surface area contributed by atoms with Crippen molar-refractivity contribution in [2.24, 2.45) is 0 Å². The van der Waals surface area contributed by atoms with Gasteiger partial charge in [0.1, 0.15) is 0 Å². The Labute approximate surface area is 140 Å². The van der Waals surface area contributed by atoms with Gasteiger partial charge < -0.3 is 9.30 Å². The molecule has 4 heteroatoms. The number of ether oxygens (including phenoxy) is 1. The van der Waals surface area contributed by atoms with Gasteiger partial charge in [-0.3, -0.25) is 9.59 Å². The quantitative estimate of drug-likeness (QED) is 0.519. The molecule has 1 aromatic heterocycles. The van der Waals surface area contributed by atoms with Crippen molar-refractivity contribution in [3.05, 3.63) is 71.9 Å². The molecule has 0 amide bonds. The van der Waals surface area contributed by atoms with Gasteiger partial charge >= 0.3 is 5.97 Å². The van der Waals surface area contributed by atoms with E-state index in [1.807, 2.05) is 54.0 Å². The Morgan fingerprint density at radius 1 is 1.04 bits per heavy atom. The number of nitrogens with zero attached hydrogens (tertiary/aromatic N) is 1. The first-order valence-corrected chi connectivity index (χ1v) is 7.98. The molecule has 0 saturated carbocycles. The van der Waals surface area contributed by atoms with Crippen LogP contribution in [0.3, 0.4) is 0 Å². The molecule has 0 aliphatic rings. The number of esters is 1. The number of hydrogen-bond donors (Lipinski definition) is 0. The maximum absolute atomic E-state index is 12.9. The van der Waals surface area contributed by atoms with Gasteiger partial charge in [0.25, 0.3) is 0 Å². The van der Waals surface area contributed by atoms with Gasteiger partial charge in [-0.25, -0.2) is 0 Å². The molecular formula is C20H19NO3. The van der Waals surface area contributed by atoms with E-state index in [9.17, 15) is 9.59 Å². The Kier molecular flexibility index (Phi) is 4.47. The number of carbonyl (C=O) groups excluding carboxylic acids is 2. The molecule has 3 rings (SSSR count). The van der Waals surface area contributed by atoms with Crippen LogP contribution >= 0.6 is 0 Å². The Morgan fingerprint density at radius 2 is 1.71 bits per heavy atom. The van der Waals surface area contributed by atoms with Crippen LogP contribution < -0.4 is 0 Å². The molecule has 0 saturated heterocycles. The first-order chi connectivity index (χ1) is 11.6. The molecule has 2 aromatic carbocycles. The van der Waals surface area contributed by atoms with Gasteiger partial charge in [0.2, 0.25) is 0 Å². The summed E-state index contributed by atoms with van der Waals surface area (Å²) in [6, 6.07) is 16.9. The lowest BCUT2D eigenvalue weighted by atomic mass is 10.0. The molecule has 0 spiro atoms. The second kappa shape index (κ2) is 6.71. The monoisotopic (exact) mass is 321 g/mol. The summed E-state index contributed by atoms with van der Waals surface area (Å²) in [6.07, 6.45) is 1.98. The van der Waals surface area contributed by atoms with Crippen LogP contribution in [0.2, 0.25) is 0 Å². The summed E-state index contributed by atoms with van der Waals surface area (Å²) in [5, 5.41) is 0.858. The average Bonchev–Trinajstić information content (AvgIpc) is 2.99. The number of fused-ring (bicyclic) bond motifs is 1. The van der Waals surface area contributed by atoms with E-state index in [2.05, 4.69) is 0 Å². The SMILES string of the molecule is CCC(OC(C)=O)n1cc(C(=O)c2ccccc2)c2ccccc21. The average molecular weight is 321 g/mol. The first kappa shape index (κ1) is 16.0. The van der Waals surface area contributed by atoms with Crippen LogP contribution in [-0.2, 0) is 9.53 Å². The molecule has 0 N–H and O–H groups in total. The minimum Gasteiger partial charge on any atom is -0.441 e. The van der Waals surface area contributed by atoms with Crippen molar-refractivity contribution in [1.29, 1.82) is 0 Å². The van der Waals surface area contributed by atoms with E-state index in [0.29, 0.717) is 17.5 Å². The fraction of sp³-hybridized carbons (Fsp3) is 0.200. The summed E-state index contributed by atoms with van der Waals surface area (Å²) < 4.78 is 7.27. The van der Waals surface area contributed by atoms with E-state index in [1.54, 1.807) is 18.3 Å². The van der Waals surface area contributed by atoms with E-state index in [0.717, 1.165) is 10.9 Å². The van der Waals surface area contributed by atoms with Crippen molar-refractivity contribution in [3.63, 3.8) is 0 Å². The number of benzene rings is 2. The van der Waals surface area contributed by atoms with Crippen molar-refractivity contribution < 1.29 is 14.3 Å². The minimum atomic E-state index is -0.426. The molecule has 3 aromatic rings. The van der Waals surface area contributed by atoms with Crippen LogP contribution in [0.5, 0.6) is 0 Å². The molecule has 1 unspecified atom stereocenters. The smallest absolute Gasteiger partial charge is 0.304 e. The van der Waals surface area contributed by atoms with Crippen molar-refractivity contribution >= 4 is 22.7 Å².